The van der Waals surface area contributed by atoms with Crippen LogP contribution in [0.1, 0.15) is 25.3 Å². The van der Waals surface area contributed by atoms with Crippen LogP contribution in [0.15, 0.2) is 32.7 Å². The Kier molecular flexibility index (Phi) is 4.85. The highest BCUT2D eigenvalue weighted by molar-refractivity contribution is 7.99. The zero-order chi connectivity index (χ0) is 13.8. The lowest BCUT2D eigenvalue weighted by molar-refractivity contribution is 0.429. The summed E-state index contributed by atoms with van der Waals surface area (Å²) in [6.07, 6.45) is 0. The monoisotopic (exact) mass is 297 g/mol. The van der Waals surface area contributed by atoms with Crippen LogP contribution in [0.5, 0.6) is 0 Å². The number of aryl methyl sites for hydroxylation is 1. The minimum atomic E-state index is 0.419. The Bertz CT molecular complexity index is 557. The number of rotatable bonds is 5. The molecule has 0 fully saturated rings. The first-order chi connectivity index (χ1) is 9.04. The van der Waals surface area contributed by atoms with Gasteiger partial charge in [0.1, 0.15) is 0 Å². The number of nitrogens with one attached hydrogen (secondary N) is 1. The van der Waals surface area contributed by atoms with Crippen LogP contribution >= 0.6 is 23.4 Å². The summed E-state index contributed by atoms with van der Waals surface area (Å²) >= 11 is 7.51. The molecule has 0 aliphatic heterocycles. The summed E-state index contributed by atoms with van der Waals surface area (Å²) in [6.45, 7) is 6.76. The van der Waals surface area contributed by atoms with Crippen LogP contribution in [0, 0.1) is 6.92 Å². The van der Waals surface area contributed by atoms with Gasteiger partial charge in [-0.2, -0.15) is 0 Å². The summed E-state index contributed by atoms with van der Waals surface area (Å²) in [5.74, 6) is 0.568. The summed E-state index contributed by atoms with van der Waals surface area (Å²) in [5, 5.41) is 12.5. The Morgan fingerprint density at radius 3 is 2.79 bits per heavy atom. The molecule has 2 rings (SSSR count). The molecule has 2 aromatic rings. The van der Waals surface area contributed by atoms with Gasteiger partial charge >= 0.3 is 0 Å². The number of benzene rings is 1. The molecule has 0 atom stereocenters. The summed E-state index contributed by atoms with van der Waals surface area (Å²) in [4.78, 5) is 1.07. The summed E-state index contributed by atoms with van der Waals surface area (Å²) in [6, 6.07) is 6.22. The van der Waals surface area contributed by atoms with E-state index >= 15 is 0 Å². The Hall–Kier alpha value is -1.04. The number of aromatic nitrogens is 2. The summed E-state index contributed by atoms with van der Waals surface area (Å²) in [7, 11) is 0. The van der Waals surface area contributed by atoms with Crippen LogP contribution < -0.4 is 5.32 Å². The molecule has 1 aromatic carbocycles. The van der Waals surface area contributed by atoms with Gasteiger partial charge in [-0.05, 0) is 35.5 Å². The highest BCUT2D eigenvalue weighted by atomic mass is 35.5. The molecule has 0 unspecified atom stereocenters. The minimum Gasteiger partial charge on any atom is -0.416 e. The summed E-state index contributed by atoms with van der Waals surface area (Å²) in [5.41, 5.74) is 1.13. The SMILES string of the molecule is Cc1nnc(Sc2ccc(Cl)cc2CNC(C)C)o1. The predicted octanol–water partition coefficient (Wildman–Crippen LogP) is 3.68. The van der Waals surface area contributed by atoms with E-state index in [1.54, 1.807) is 6.92 Å². The fourth-order valence-corrected chi connectivity index (χ4v) is 2.54. The maximum Gasteiger partial charge on any atom is 0.281 e. The molecule has 1 aromatic heterocycles. The molecule has 6 heteroatoms. The molecule has 102 valence electrons. The van der Waals surface area contributed by atoms with E-state index in [2.05, 4.69) is 29.4 Å². The van der Waals surface area contributed by atoms with Crippen LogP contribution in [-0.2, 0) is 6.54 Å². The van der Waals surface area contributed by atoms with Crippen molar-refractivity contribution < 1.29 is 4.42 Å². The van der Waals surface area contributed by atoms with E-state index in [1.807, 2.05) is 18.2 Å². The molecule has 0 radical (unpaired) electrons. The highest BCUT2D eigenvalue weighted by Crippen LogP contribution is 2.31. The van der Waals surface area contributed by atoms with Gasteiger partial charge in [-0.1, -0.05) is 25.4 Å². The molecule has 0 saturated heterocycles. The van der Waals surface area contributed by atoms with Crippen molar-refractivity contribution >= 4 is 23.4 Å². The van der Waals surface area contributed by atoms with Crippen molar-refractivity contribution in [3.8, 4) is 0 Å². The van der Waals surface area contributed by atoms with E-state index in [-0.39, 0.29) is 0 Å². The van der Waals surface area contributed by atoms with Gasteiger partial charge in [-0.25, -0.2) is 0 Å². The lowest BCUT2D eigenvalue weighted by Crippen LogP contribution is -2.22. The van der Waals surface area contributed by atoms with Gasteiger partial charge in [0, 0.05) is 29.4 Å². The normalized spacial score (nSPS) is 11.2. The predicted molar refractivity (Wildman–Crippen MR) is 76.6 cm³/mol. The highest BCUT2D eigenvalue weighted by Gasteiger charge is 2.10. The fourth-order valence-electron chi connectivity index (χ4n) is 1.51. The van der Waals surface area contributed by atoms with Gasteiger partial charge < -0.3 is 9.73 Å². The van der Waals surface area contributed by atoms with Crippen molar-refractivity contribution in [3.05, 3.63) is 34.7 Å². The van der Waals surface area contributed by atoms with Crippen molar-refractivity contribution in [2.45, 2.75) is 43.5 Å². The first-order valence-electron chi connectivity index (χ1n) is 6.04. The number of halogens is 1. The van der Waals surface area contributed by atoms with Gasteiger partial charge in [0.2, 0.25) is 5.89 Å². The lowest BCUT2D eigenvalue weighted by atomic mass is 10.2. The van der Waals surface area contributed by atoms with E-state index in [0.29, 0.717) is 17.2 Å². The first-order valence-corrected chi connectivity index (χ1v) is 7.24. The Morgan fingerprint density at radius 1 is 1.37 bits per heavy atom. The van der Waals surface area contributed by atoms with Gasteiger partial charge in [0.15, 0.2) is 0 Å². The number of hydrogen-bond acceptors (Lipinski definition) is 5. The average molecular weight is 298 g/mol. The van der Waals surface area contributed by atoms with E-state index in [1.165, 1.54) is 11.8 Å². The molecule has 0 bridgehead atoms. The Morgan fingerprint density at radius 2 is 2.16 bits per heavy atom. The second-order valence-corrected chi connectivity index (χ2v) is 5.91. The van der Waals surface area contributed by atoms with Crippen molar-refractivity contribution in [3.63, 3.8) is 0 Å². The zero-order valence-corrected chi connectivity index (χ0v) is 12.7. The molecule has 0 amide bonds. The Balaban J connectivity index is 2.18. The molecule has 4 nitrogen and oxygen atoms in total. The Labute approximate surface area is 121 Å². The second kappa shape index (κ2) is 6.41. The van der Waals surface area contributed by atoms with Crippen molar-refractivity contribution in [2.75, 3.05) is 0 Å². The van der Waals surface area contributed by atoms with Crippen LogP contribution in [0.2, 0.25) is 5.02 Å². The van der Waals surface area contributed by atoms with Crippen LogP contribution in [0.25, 0.3) is 0 Å². The van der Waals surface area contributed by atoms with E-state index < -0.39 is 0 Å². The summed E-state index contributed by atoms with van der Waals surface area (Å²) < 4.78 is 5.39. The molecular formula is C13H16ClN3OS. The molecule has 1 N–H and O–H groups in total. The van der Waals surface area contributed by atoms with Crippen molar-refractivity contribution in [2.24, 2.45) is 0 Å². The molecule has 1 heterocycles. The van der Waals surface area contributed by atoms with Crippen molar-refractivity contribution in [1.29, 1.82) is 0 Å². The molecule has 0 aliphatic rings. The lowest BCUT2D eigenvalue weighted by Gasteiger charge is -2.11. The van der Waals surface area contributed by atoms with E-state index in [9.17, 15) is 0 Å². The fraction of sp³-hybridized carbons (Fsp3) is 0.385. The third-order valence-corrected chi connectivity index (χ3v) is 3.62. The van der Waals surface area contributed by atoms with Gasteiger partial charge in [0.25, 0.3) is 5.22 Å². The molecule has 0 saturated carbocycles. The largest absolute Gasteiger partial charge is 0.416 e. The van der Waals surface area contributed by atoms with Crippen LogP contribution in [0.3, 0.4) is 0 Å². The van der Waals surface area contributed by atoms with Crippen molar-refractivity contribution in [1.82, 2.24) is 15.5 Å². The van der Waals surface area contributed by atoms with Crippen LogP contribution in [0.4, 0.5) is 0 Å². The second-order valence-electron chi connectivity index (χ2n) is 4.48. The molecule has 0 spiro atoms. The first kappa shape index (κ1) is 14.4. The van der Waals surface area contributed by atoms with E-state index in [4.69, 9.17) is 16.0 Å². The zero-order valence-electron chi connectivity index (χ0n) is 11.1. The molecule has 19 heavy (non-hydrogen) atoms. The molecular weight excluding hydrogens is 282 g/mol. The minimum absolute atomic E-state index is 0.419. The quantitative estimate of drug-likeness (QED) is 0.912. The van der Waals surface area contributed by atoms with Crippen LogP contribution in [-0.4, -0.2) is 16.2 Å². The third-order valence-electron chi connectivity index (χ3n) is 2.43. The van der Waals surface area contributed by atoms with Gasteiger partial charge in [-0.15, -0.1) is 10.2 Å². The molecule has 0 aliphatic carbocycles. The maximum atomic E-state index is 6.05. The third kappa shape index (κ3) is 4.23. The smallest absolute Gasteiger partial charge is 0.281 e. The number of nitrogens with zero attached hydrogens (tertiary/aromatic N) is 2. The van der Waals surface area contributed by atoms with E-state index in [0.717, 1.165) is 22.0 Å². The maximum absolute atomic E-state index is 6.05. The van der Waals surface area contributed by atoms with Gasteiger partial charge in [-0.3, -0.25) is 0 Å². The standard InChI is InChI=1S/C13H16ClN3OS/c1-8(2)15-7-10-6-11(14)4-5-12(10)19-13-17-16-9(3)18-13/h4-6,8,15H,7H2,1-3H3. The topological polar surface area (TPSA) is 51.0 Å². The van der Waals surface area contributed by atoms with Gasteiger partial charge in [0.05, 0.1) is 0 Å². The number of hydrogen-bond donors (Lipinski definition) is 1. The average Bonchev–Trinajstić information content (AvgIpc) is 2.75.